The molecule has 23 heavy (non-hydrogen) atoms. The number of carbonyl (C=O) groups is 2. The molecule has 0 amide bonds. The fourth-order valence-electron chi connectivity index (χ4n) is 6.44. The van der Waals surface area contributed by atoms with Crippen LogP contribution in [-0.2, 0) is 14.3 Å². The number of allylic oxidation sites excluding steroid dienone is 1. The number of hydrogen-bond donors (Lipinski definition) is 0. The molecule has 2 bridgehead atoms. The summed E-state index contributed by atoms with van der Waals surface area (Å²) in [5.41, 5.74) is -1.02. The molecule has 3 saturated carbocycles. The Hall–Kier alpha value is -1.12. The smallest absolute Gasteiger partial charge is 0.312 e. The number of carbonyl (C=O) groups excluding carboxylic acids is 2. The SMILES string of the molecule is C=C[C@]1(C)CC[C@]2(C)C(C1)C(=O)CC1[C@]3(C)CCC[C@@]12OC3=O. The largest absolute Gasteiger partial charge is 0.458 e. The lowest BCUT2D eigenvalue weighted by Gasteiger charge is -2.61. The molecular weight excluding hydrogens is 288 g/mol. The predicted octanol–water partition coefficient (Wildman–Crippen LogP) is 4.06. The zero-order chi connectivity index (χ0) is 16.7. The second kappa shape index (κ2) is 4.29. The first-order chi connectivity index (χ1) is 10.7. The van der Waals surface area contributed by atoms with Crippen LogP contribution in [0, 0.1) is 28.1 Å². The first-order valence-corrected chi connectivity index (χ1v) is 9.11. The number of esters is 1. The predicted molar refractivity (Wildman–Crippen MR) is 87.6 cm³/mol. The third-order valence-corrected chi connectivity index (χ3v) is 8.23. The van der Waals surface area contributed by atoms with Crippen molar-refractivity contribution >= 4 is 11.8 Å². The zero-order valence-corrected chi connectivity index (χ0v) is 14.6. The van der Waals surface area contributed by atoms with Crippen molar-refractivity contribution in [3.8, 4) is 0 Å². The molecule has 1 heterocycles. The van der Waals surface area contributed by atoms with Crippen LogP contribution < -0.4 is 0 Å². The van der Waals surface area contributed by atoms with Gasteiger partial charge in [0.05, 0.1) is 5.41 Å². The Morgan fingerprint density at radius 1 is 1.13 bits per heavy atom. The topological polar surface area (TPSA) is 43.4 Å². The van der Waals surface area contributed by atoms with Crippen molar-refractivity contribution in [2.24, 2.45) is 28.1 Å². The fraction of sp³-hybridized carbons (Fsp3) is 0.800. The van der Waals surface area contributed by atoms with Gasteiger partial charge in [-0.1, -0.05) is 19.9 Å². The molecule has 0 radical (unpaired) electrons. The first-order valence-electron chi connectivity index (χ1n) is 9.11. The third kappa shape index (κ3) is 1.62. The van der Waals surface area contributed by atoms with Gasteiger partial charge >= 0.3 is 5.97 Å². The summed E-state index contributed by atoms with van der Waals surface area (Å²) in [5, 5.41) is 0. The van der Waals surface area contributed by atoms with Crippen molar-refractivity contribution < 1.29 is 14.3 Å². The monoisotopic (exact) mass is 316 g/mol. The molecule has 3 aliphatic carbocycles. The molecule has 4 aliphatic rings. The second-order valence-corrected chi connectivity index (χ2v) is 9.31. The third-order valence-electron chi connectivity index (χ3n) is 8.23. The van der Waals surface area contributed by atoms with E-state index in [1.807, 2.05) is 13.0 Å². The van der Waals surface area contributed by atoms with E-state index in [9.17, 15) is 9.59 Å². The van der Waals surface area contributed by atoms with Crippen LogP contribution in [0.2, 0.25) is 0 Å². The minimum atomic E-state index is -0.443. The lowest BCUT2D eigenvalue weighted by atomic mass is 9.42. The zero-order valence-electron chi connectivity index (χ0n) is 14.6. The number of ketones is 1. The molecule has 0 aromatic rings. The highest BCUT2D eigenvalue weighted by Gasteiger charge is 2.75. The summed E-state index contributed by atoms with van der Waals surface area (Å²) in [6, 6.07) is 0. The van der Waals surface area contributed by atoms with E-state index in [4.69, 9.17) is 4.74 Å². The van der Waals surface area contributed by atoms with E-state index in [0.717, 1.165) is 38.5 Å². The van der Waals surface area contributed by atoms with Crippen LogP contribution in [-0.4, -0.2) is 17.4 Å². The Kier molecular flexibility index (Phi) is 2.87. The van der Waals surface area contributed by atoms with E-state index in [-0.39, 0.29) is 28.6 Å². The van der Waals surface area contributed by atoms with Gasteiger partial charge in [0.15, 0.2) is 0 Å². The molecule has 0 aromatic heterocycles. The van der Waals surface area contributed by atoms with Crippen molar-refractivity contribution in [3.63, 3.8) is 0 Å². The lowest BCUT2D eigenvalue weighted by Crippen LogP contribution is -2.65. The van der Waals surface area contributed by atoms with Crippen molar-refractivity contribution in [2.75, 3.05) is 0 Å². The average molecular weight is 316 g/mol. The van der Waals surface area contributed by atoms with Crippen LogP contribution in [0.15, 0.2) is 12.7 Å². The Morgan fingerprint density at radius 3 is 2.57 bits per heavy atom. The summed E-state index contributed by atoms with van der Waals surface area (Å²) in [4.78, 5) is 25.8. The van der Waals surface area contributed by atoms with Crippen LogP contribution in [0.25, 0.3) is 0 Å². The maximum absolute atomic E-state index is 13.1. The van der Waals surface area contributed by atoms with E-state index in [0.29, 0.717) is 12.2 Å². The van der Waals surface area contributed by atoms with Gasteiger partial charge in [0.25, 0.3) is 0 Å². The van der Waals surface area contributed by atoms with Crippen LogP contribution in [0.3, 0.4) is 0 Å². The Labute approximate surface area is 138 Å². The van der Waals surface area contributed by atoms with Crippen molar-refractivity contribution in [1.29, 1.82) is 0 Å². The van der Waals surface area contributed by atoms with E-state index >= 15 is 0 Å². The summed E-state index contributed by atoms with van der Waals surface area (Å²) in [7, 11) is 0. The molecule has 0 N–H and O–H groups in total. The Morgan fingerprint density at radius 2 is 1.87 bits per heavy atom. The van der Waals surface area contributed by atoms with Gasteiger partial charge in [-0.25, -0.2) is 0 Å². The van der Waals surface area contributed by atoms with Gasteiger partial charge < -0.3 is 4.74 Å². The van der Waals surface area contributed by atoms with Gasteiger partial charge in [0.2, 0.25) is 0 Å². The maximum atomic E-state index is 13.1. The molecule has 6 atom stereocenters. The highest BCUT2D eigenvalue weighted by molar-refractivity contribution is 5.89. The summed E-state index contributed by atoms with van der Waals surface area (Å²) in [5.74, 6) is 0.390. The maximum Gasteiger partial charge on any atom is 0.312 e. The normalized spacial score (nSPS) is 54.9. The minimum absolute atomic E-state index is 0.00347. The molecule has 1 saturated heterocycles. The summed E-state index contributed by atoms with van der Waals surface area (Å²) < 4.78 is 6.19. The molecule has 126 valence electrons. The second-order valence-electron chi connectivity index (χ2n) is 9.31. The van der Waals surface area contributed by atoms with Crippen LogP contribution in [0.4, 0.5) is 0 Å². The summed E-state index contributed by atoms with van der Waals surface area (Å²) in [6.07, 6.45) is 8.22. The standard InChI is InChI=1S/C20H28O3/c1-5-17(2)9-10-19(4)13(12-17)14(21)11-15-18(3)7-6-8-20(15,19)23-16(18)22/h5,13,15H,1,6-12H2,2-4H3/t13?,15?,17-,18+,19-,20-/m1/s1. The Balaban J connectivity index is 1.83. The number of hydrogen-bond acceptors (Lipinski definition) is 3. The molecule has 1 aliphatic heterocycles. The molecule has 4 fully saturated rings. The number of fused-ring (bicyclic) bond motifs is 1. The number of rotatable bonds is 1. The molecule has 2 unspecified atom stereocenters. The first kappa shape index (κ1) is 15.4. The van der Waals surface area contributed by atoms with Crippen molar-refractivity contribution in [1.82, 2.24) is 0 Å². The Bertz CT molecular complexity index is 610. The molecule has 0 aromatic carbocycles. The highest BCUT2D eigenvalue weighted by atomic mass is 16.6. The van der Waals surface area contributed by atoms with Gasteiger partial charge in [-0.15, -0.1) is 6.58 Å². The van der Waals surface area contributed by atoms with Crippen LogP contribution in [0.5, 0.6) is 0 Å². The number of Topliss-reactive ketones (excluding diaryl/α,β-unsaturated/α-hetero) is 1. The summed E-state index contributed by atoms with van der Waals surface area (Å²) >= 11 is 0. The van der Waals surface area contributed by atoms with Gasteiger partial charge in [-0.05, 0) is 50.9 Å². The van der Waals surface area contributed by atoms with Crippen LogP contribution >= 0.6 is 0 Å². The van der Waals surface area contributed by atoms with Crippen molar-refractivity contribution in [2.45, 2.75) is 71.3 Å². The average Bonchev–Trinajstić information content (AvgIpc) is 2.64. The molecule has 4 rings (SSSR count). The van der Waals surface area contributed by atoms with E-state index < -0.39 is 11.0 Å². The fourth-order valence-corrected chi connectivity index (χ4v) is 6.44. The van der Waals surface area contributed by atoms with Crippen molar-refractivity contribution in [3.05, 3.63) is 12.7 Å². The number of ether oxygens (including phenoxy) is 1. The summed E-state index contributed by atoms with van der Waals surface area (Å²) in [6.45, 7) is 10.5. The highest BCUT2D eigenvalue weighted by Crippen LogP contribution is 2.70. The van der Waals surface area contributed by atoms with E-state index in [2.05, 4.69) is 20.4 Å². The minimum Gasteiger partial charge on any atom is -0.458 e. The van der Waals surface area contributed by atoms with Gasteiger partial charge in [0, 0.05) is 23.7 Å². The van der Waals surface area contributed by atoms with Gasteiger partial charge in [-0.3, -0.25) is 9.59 Å². The van der Waals surface area contributed by atoms with Gasteiger partial charge in [-0.2, -0.15) is 0 Å². The lowest BCUT2D eigenvalue weighted by molar-refractivity contribution is -0.202. The quantitative estimate of drug-likeness (QED) is 0.541. The molecule has 0 spiro atoms. The molecular formula is C20H28O3. The van der Waals surface area contributed by atoms with Crippen LogP contribution in [0.1, 0.15) is 65.7 Å². The van der Waals surface area contributed by atoms with Gasteiger partial charge in [0.1, 0.15) is 11.4 Å². The van der Waals surface area contributed by atoms with E-state index in [1.165, 1.54) is 0 Å². The molecule has 3 nitrogen and oxygen atoms in total. The molecule has 3 heteroatoms. The van der Waals surface area contributed by atoms with E-state index in [1.54, 1.807) is 0 Å².